The maximum Gasteiger partial charge on any atom is 0.232 e. The summed E-state index contributed by atoms with van der Waals surface area (Å²) in [5.41, 5.74) is 0.407. The number of anilines is 1. The van der Waals surface area contributed by atoms with Crippen LogP contribution in [0.25, 0.3) is 0 Å². The van der Waals surface area contributed by atoms with Gasteiger partial charge in [0, 0.05) is 6.07 Å². The molecule has 0 spiro atoms. The van der Waals surface area contributed by atoms with Gasteiger partial charge in [0.05, 0.1) is 24.7 Å². The van der Waals surface area contributed by atoms with Gasteiger partial charge in [-0.1, -0.05) is 0 Å². The number of benzene rings is 1. The first kappa shape index (κ1) is 14.6. The Morgan fingerprint density at radius 2 is 1.78 bits per heavy atom. The molecule has 102 valence electrons. The molecule has 1 N–H and O–H groups in total. The molecule has 0 amide bonds. The highest BCUT2D eigenvalue weighted by Gasteiger charge is 2.12. The number of hydrogen-bond acceptors (Lipinski definition) is 4. The molecule has 0 heterocycles. The van der Waals surface area contributed by atoms with Gasteiger partial charge in [-0.05, 0) is 32.9 Å². The Morgan fingerprint density at radius 3 is 2.33 bits per heavy atom. The fraction of sp³-hybridized carbons (Fsp3) is 0.500. The fourth-order valence-corrected chi connectivity index (χ4v) is 2.01. The minimum absolute atomic E-state index is 0.0113. The van der Waals surface area contributed by atoms with Crippen LogP contribution in [0.15, 0.2) is 18.2 Å². The van der Waals surface area contributed by atoms with Crippen molar-refractivity contribution >= 4 is 15.7 Å². The van der Waals surface area contributed by atoms with Crippen molar-refractivity contribution in [3.05, 3.63) is 18.2 Å². The summed E-state index contributed by atoms with van der Waals surface area (Å²) in [4.78, 5) is 0. The highest BCUT2D eigenvalue weighted by Crippen LogP contribution is 2.30. The average molecular weight is 273 g/mol. The van der Waals surface area contributed by atoms with Gasteiger partial charge in [-0.25, -0.2) is 8.42 Å². The zero-order valence-corrected chi connectivity index (χ0v) is 11.7. The molecule has 0 saturated carbocycles. The summed E-state index contributed by atoms with van der Waals surface area (Å²) in [7, 11) is -3.33. The maximum atomic E-state index is 11.6. The van der Waals surface area contributed by atoms with Gasteiger partial charge in [-0.3, -0.25) is 4.72 Å². The van der Waals surface area contributed by atoms with Gasteiger partial charge in [0.25, 0.3) is 0 Å². The molecular formula is C12H19NO4S. The Morgan fingerprint density at radius 1 is 1.11 bits per heavy atom. The van der Waals surface area contributed by atoms with E-state index in [0.717, 1.165) is 0 Å². The third kappa shape index (κ3) is 4.10. The van der Waals surface area contributed by atoms with Gasteiger partial charge in [0.15, 0.2) is 0 Å². The van der Waals surface area contributed by atoms with Crippen molar-refractivity contribution in [2.75, 3.05) is 23.7 Å². The second kappa shape index (κ2) is 6.49. The summed E-state index contributed by atoms with van der Waals surface area (Å²) in [6, 6.07) is 5.07. The van der Waals surface area contributed by atoms with Gasteiger partial charge >= 0.3 is 0 Å². The molecule has 0 aromatic heterocycles. The van der Waals surface area contributed by atoms with Crippen LogP contribution in [0, 0.1) is 0 Å². The molecule has 1 aromatic rings. The van der Waals surface area contributed by atoms with E-state index in [1.807, 2.05) is 13.8 Å². The summed E-state index contributed by atoms with van der Waals surface area (Å²) in [6.45, 7) is 6.28. The molecule has 1 rings (SSSR count). The average Bonchev–Trinajstić information content (AvgIpc) is 2.33. The monoisotopic (exact) mass is 273 g/mol. The van der Waals surface area contributed by atoms with E-state index >= 15 is 0 Å². The van der Waals surface area contributed by atoms with Crippen molar-refractivity contribution in [3.8, 4) is 11.5 Å². The van der Waals surface area contributed by atoms with Crippen LogP contribution in [-0.4, -0.2) is 27.4 Å². The van der Waals surface area contributed by atoms with Crippen LogP contribution in [0.5, 0.6) is 11.5 Å². The highest BCUT2D eigenvalue weighted by molar-refractivity contribution is 7.92. The minimum atomic E-state index is -3.33. The Kier molecular flexibility index (Phi) is 5.27. The number of nitrogens with one attached hydrogen (secondary N) is 1. The van der Waals surface area contributed by atoms with E-state index < -0.39 is 10.0 Å². The van der Waals surface area contributed by atoms with Crippen molar-refractivity contribution in [2.24, 2.45) is 0 Å². The van der Waals surface area contributed by atoms with Crippen LogP contribution in [0.1, 0.15) is 20.8 Å². The van der Waals surface area contributed by atoms with E-state index in [0.29, 0.717) is 30.4 Å². The first-order chi connectivity index (χ1) is 8.52. The molecule has 0 atom stereocenters. The van der Waals surface area contributed by atoms with Gasteiger partial charge in [-0.15, -0.1) is 0 Å². The Bertz CT molecular complexity index is 485. The van der Waals surface area contributed by atoms with Crippen molar-refractivity contribution in [2.45, 2.75) is 20.8 Å². The zero-order chi connectivity index (χ0) is 13.6. The summed E-state index contributed by atoms with van der Waals surface area (Å²) >= 11 is 0. The van der Waals surface area contributed by atoms with E-state index in [1.165, 1.54) is 0 Å². The molecule has 0 aliphatic carbocycles. The quantitative estimate of drug-likeness (QED) is 0.827. The van der Waals surface area contributed by atoms with Crippen molar-refractivity contribution in [3.63, 3.8) is 0 Å². The molecule has 0 aliphatic heterocycles. The summed E-state index contributed by atoms with van der Waals surface area (Å²) in [5, 5.41) is 0. The first-order valence-electron chi connectivity index (χ1n) is 5.92. The van der Waals surface area contributed by atoms with E-state index in [-0.39, 0.29) is 5.75 Å². The second-order valence-electron chi connectivity index (χ2n) is 3.53. The summed E-state index contributed by atoms with van der Waals surface area (Å²) < 4.78 is 36.4. The number of hydrogen-bond donors (Lipinski definition) is 1. The number of ether oxygens (including phenoxy) is 2. The molecule has 0 bridgehead atoms. The molecule has 1 aromatic carbocycles. The second-order valence-corrected chi connectivity index (χ2v) is 5.54. The molecule has 5 nitrogen and oxygen atoms in total. The predicted molar refractivity (Wildman–Crippen MR) is 71.9 cm³/mol. The molecule has 6 heteroatoms. The third-order valence-corrected chi connectivity index (χ3v) is 3.50. The van der Waals surface area contributed by atoms with Gasteiger partial charge < -0.3 is 9.47 Å². The van der Waals surface area contributed by atoms with E-state index in [9.17, 15) is 8.42 Å². The van der Waals surface area contributed by atoms with Gasteiger partial charge in [0.1, 0.15) is 11.5 Å². The van der Waals surface area contributed by atoms with Crippen molar-refractivity contribution < 1.29 is 17.9 Å². The van der Waals surface area contributed by atoms with Crippen molar-refractivity contribution in [1.82, 2.24) is 0 Å². The molecule has 0 radical (unpaired) electrons. The van der Waals surface area contributed by atoms with E-state index in [1.54, 1.807) is 25.1 Å². The van der Waals surface area contributed by atoms with Crippen LogP contribution >= 0.6 is 0 Å². The lowest BCUT2D eigenvalue weighted by Gasteiger charge is -2.13. The van der Waals surface area contributed by atoms with Crippen LogP contribution < -0.4 is 14.2 Å². The van der Waals surface area contributed by atoms with Crippen molar-refractivity contribution in [1.29, 1.82) is 0 Å². The Labute approximate surface area is 108 Å². The maximum absolute atomic E-state index is 11.6. The minimum Gasteiger partial charge on any atom is -0.494 e. The fourth-order valence-electron chi connectivity index (χ4n) is 1.37. The topological polar surface area (TPSA) is 64.6 Å². The Hall–Kier alpha value is -1.43. The highest BCUT2D eigenvalue weighted by atomic mass is 32.2. The Balaban J connectivity index is 3.06. The lowest BCUT2D eigenvalue weighted by atomic mass is 10.3. The number of rotatable bonds is 7. The molecule has 0 aliphatic rings. The smallest absolute Gasteiger partial charge is 0.232 e. The largest absolute Gasteiger partial charge is 0.494 e. The summed E-state index contributed by atoms with van der Waals surface area (Å²) in [5.74, 6) is 1.12. The SMILES string of the molecule is CCOc1ccc(OCC)c(NS(=O)(=O)CC)c1. The molecular weight excluding hydrogens is 254 g/mol. The van der Waals surface area contributed by atoms with Crippen LogP contribution in [0.2, 0.25) is 0 Å². The predicted octanol–water partition coefficient (Wildman–Crippen LogP) is 2.25. The normalized spacial score (nSPS) is 11.1. The lowest BCUT2D eigenvalue weighted by molar-refractivity contribution is 0.332. The molecule has 18 heavy (non-hydrogen) atoms. The van der Waals surface area contributed by atoms with Crippen LogP contribution in [0.4, 0.5) is 5.69 Å². The first-order valence-corrected chi connectivity index (χ1v) is 7.57. The third-order valence-electron chi connectivity index (χ3n) is 2.21. The van der Waals surface area contributed by atoms with Gasteiger partial charge in [-0.2, -0.15) is 0 Å². The van der Waals surface area contributed by atoms with E-state index in [4.69, 9.17) is 9.47 Å². The lowest BCUT2D eigenvalue weighted by Crippen LogP contribution is -2.15. The summed E-state index contributed by atoms with van der Waals surface area (Å²) in [6.07, 6.45) is 0. The molecule has 0 unspecified atom stereocenters. The van der Waals surface area contributed by atoms with Crippen LogP contribution in [-0.2, 0) is 10.0 Å². The molecule has 0 saturated heterocycles. The standard InChI is InChI=1S/C12H19NO4S/c1-4-16-10-7-8-12(17-5-2)11(9-10)13-18(14,15)6-3/h7-9,13H,4-6H2,1-3H3. The molecule has 0 fully saturated rings. The zero-order valence-electron chi connectivity index (χ0n) is 10.9. The van der Waals surface area contributed by atoms with Gasteiger partial charge in [0.2, 0.25) is 10.0 Å². The van der Waals surface area contributed by atoms with Crippen LogP contribution in [0.3, 0.4) is 0 Å². The van der Waals surface area contributed by atoms with E-state index in [2.05, 4.69) is 4.72 Å². The number of sulfonamides is 1.